The Bertz CT molecular complexity index is 164. The number of piperidine rings is 1. The van der Waals surface area contributed by atoms with Crippen molar-refractivity contribution in [2.45, 2.75) is 51.0 Å². The number of nitrogens with two attached hydrogens (primary N) is 1. The third kappa shape index (κ3) is 2.48. The Morgan fingerprint density at radius 1 is 1.07 bits per heavy atom. The minimum Gasteiger partial charge on any atom is -0.330 e. The van der Waals surface area contributed by atoms with Crippen LogP contribution in [0.5, 0.6) is 0 Å². The molecule has 2 atom stereocenters. The number of nitrogens with one attached hydrogen (secondary N) is 1. The average molecular weight is 196 g/mol. The van der Waals surface area contributed by atoms with Crippen molar-refractivity contribution in [3.8, 4) is 0 Å². The first-order valence-corrected chi connectivity index (χ1v) is 6.33. The first-order valence-electron chi connectivity index (χ1n) is 6.33. The predicted molar refractivity (Wildman–Crippen MR) is 60.1 cm³/mol. The van der Waals surface area contributed by atoms with Crippen molar-refractivity contribution in [1.29, 1.82) is 0 Å². The van der Waals surface area contributed by atoms with Crippen molar-refractivity contribution in [1.82, 2.24) is 5.32 Å². The van der Waals surface area contributed by atoms with Crippen LogP contribution in [0.3, 0.4) is 0 Å². The van der Waals surface area contributed by atoms with Gasteiger partial charge in [-0.15, -0.1) is 0 Å². The second-order valence-electron chi connectivity index (χ2n) is 5.08. The van der Waals surface area contributed by atoms with Crippen LogP contribution in [-0.2, 0) is 0 Å². The molecule has 2 rings (SSSR count). The Morgan fingerprint density at radius 3 is 2.57 bits per heavy atom. The zero-order valence-electron chi connectivity index (χ0n) is 9.17. The highest BCUT2D eigenvalue weighted by Gasteiger charge is 2.28. The first kappa shape index (κ1) is 10.4. The lowest BCUT2D eigenvalue weighted by atomic mass is 9.78. The van der Waals surface area contributed by atoms with Gasteiger partial charge in [0.25, 0.3) is 0 Å². The van der Waals surface area contributed by atoms with Crippen LogP contribution in [0.1, 0.15) is 44.9 Å². The SMILES string of the molecule is NCC1CCNC(C2CCCCC2)C1. The van der Waals surface area contributed by atoms with E-state index in [9.17, 15) is 0 Å². The van der Waals surface area contributed by atoms with Crippen molar-refractivity contribution < 1.29 is 0 Å². The summed E-state index contributed by atoms with van der Waals surface area (Å²) in [6.45, 7) is 2.09. The van der Waals surface area contributed by atoms with Gasteiger partial charge in [0.2, 0.25) is 0 Å². The summed E-state index contributed by atoms with van der Waals surface area (Å²) < 4.78 is 0. The van der Waals surface area contributed by atoms with Crippen molar-refractivity contribution >= 4 is 0 Å². The lowest BCUT2D eigenvalue weighted by molar-refractivity contribution is 0.200. The molecule has 14 heavy (non-hydrogen) atoms. The average Bonchev–Trinajstić information content (AvgIpc) is 2.30. The Hall–Kier alpha value is -0.0800. The van der Waals surface area contributed by atoms with Crippen LogP contribution < -0.4 is 11.1 Å². The molecule has 0 aromatic heterocycles. The Kier molecular flexibility index (Phi) is 3.82. The molecule has 0 aromatic rings. The van der Waals surface area contributed by atoms with E-state index >= 15 is 0 Å². The Labute approximate surface area is 87.6 Å². The maximum absolute atomic E-state index is 5.77. The molecule has 1 saturated heterocycles. The summed E-state index contributed by atoms with van der Waals surface area (Å²) in [6, 6.07) is 0.789. The molecule has 0 amide bonds. The molecular formula is C12H24N2. The molecule has 1 heterocycles. The van der Waals surface area contributed by atoms with Gasteiger partial charge < -0.3 is 11.1 Å². The van der Waals surface area contributed by atoms with E-state index in [4.69, 9.17) is 5.73 Å². The van der Waals surface area contributed by atoms with E-state index in [1.54, 1.807) is 0 Å². The van der Waals surface area contributed by atoms with E-state index in [0.29, 0.717) is 0 Å². The fourth-order valence-electron chi connectivity index (χ4n) is 3.14. The summed E-state index contributed by atoms with van der Waals surface area (Å²) in [7, 11) is 0. The Morgan fingerprint density at radius 2 is 1.86 bits per heavy atom. The third-order valence-corrected chi connectivity index (χ3v) is 4.10. The highest BCUT2D eigenvalue weighted by atomic mass is 14.9. The first-order chi connectivity index (χ1) is 6.90. The summed E-state index contributed by atoms with van der Waals surface area (Å²) in [5.74, 6) is 1.75. The zero-order valence-corrected chi connectivity index (χ0v) is 9.17. The molecule has 3 N–H and O–H groups in total. The summed E-state index contributed by atoms with van der Waals surface area (Å²) >= 11 is 0. The molecule has 1 aliphatic carbocycles. The number of rotatable bonds is 2. The minimum absolute atomic E-state index is 0.789. The molecule has 82 valence electrons. The standard InChI is InChI=1S/C12H24N2/c13-9-10-6-7-14-12(8-10)11-4-2-1-3-5-11/h10-12,14H,1-9,13H2. The van der Waals surface area contributed by atoms with Crippen LogP contribution in [0.2, 0.25) is 0 Å². The summed E-state index contributed by atoms with van der Waals surface area (Å²) in [6.07, 6.45) is 9.90. The molecule has 0 aromatic carbocycles. The lowest BCUT2D eigenvalue weighted by Gasteiger charge is -2.37. The second kappa shape index (κ2) is 5.13. The van der Waals surface area contributed by atoms with Gasteiger partial charge in [-0.25, -0.2) is 0 Å². The van der Waals surface area contributed by atoms with Gasteiger partial charge in [-0.2, -0.15) is 0 Å². The maximum atomic E-state index is 5.77. The molecule has 2 fully saturated rings. The van der Waals surface area contributed by atoms with Gasteiger partial charge in [0.05, 0.1) is 0 Å². The quantitative estimate of drug-likeness (QED) is 0.708. The van der Waals surface area contributed by atoms with Gasteiger partial charge in [-0.1, -0.05) is 19.3 Å². The van der Waals surface area contributed by atoms with Crippen LogP contribution in [-0.4, -0.2) is 19.1 Å². The van der Waals surface area contributed by atoms with E-state index in [-0.39, 0.29) is 0 Å². The van der Waals surface area contributed by atoms with Crippen LogP contribution in [0, 0.1) is 11.8 Å². The highest BCUT2D eigenvalue weighted by Crippen LogP contribution is 2.31. The van der Waals surface area contributed by atoms with Gasteiger partial charge in [0.1, 0.15) is 0 Å². The van der Waals surface area contributed by atoms with Gasteiger partial charge in [-0.05, 0) is 50.6 Å². The van der Waals surface area contributed by atoms with Crippen molar-refractivity contribution in [2.24, 2.45) is 17.6 Å². The smallest absolute Gasteiger partial charge is 0.00984 e. The van der Waals surface area contributed by atoms with Gasteiger partial charge >= 0.3 is 0 Å². The summed E-state index contributed by atoms with van der Waals surface area (Å²) in [5, 5.41) is 3.70. The van der Waals surface area contributed by atoms with E-state index in [2.05, 4.69) is 5.32 Å². The lowest BCUT2D eigenvalue weighted by Crippen LogP contribution is -2.45. The fourth-order valence-corrected chi connectivity index (χ4v) is 3.14. The summed E-state index contributed by atoms with van der Waals surface area (Å²) in [4.78, 5) is 0. The number of hydrogen-bond acceptors (Lipinski definition) is 2. The largest absolute Gasteiger partial charge is 0.330 e. The molecule has 2 nitrogen and oxygen atoms in total. The van der Waals surface area contributed by atoms with Crippen molar-refractivity contribution in [3.05, 3.63) is 0 Å². The molecular weight excluding hydrogens is 172 g/mol. The molecule has 0 spiro atoms. The normalized spacial score (nSPS) is 35.8. The second-order valence-corrected chi connectivity index (χ2v) is 5.08. The van der Waals surface area contributed by atoms with Crippen LogP contribution in [0.15, 0.2) is 0 Å². The van der Waals surface area contributed by atoms with E-state index in [1.165, 1.54) is 51.5 Å². The molecule has 0 bridgehead atoms. The monoisotopic (exact) mass is 196 g/mol. The van der Waals surface area contributed by atoms with Crippen LogP contribution in [0.25, 0.3) is 0 Å². The molecule has 1 saturated carbocycles. The highest BCUT2D eigenvalue weighted by molar-refractivity contribution is 4.85. The summed E-state index contributed by atoms with van der Waals surface area (Å²) in [5.41, 5.74) is 5.77. The molecule has 2 unspecified atom stereocenters. The van der Waals surface area contributed by atoms with E-state index in [1.807, 2.05) is 0 Å². The van der Waals surface area contributed by atoms with Crippen molar-refractivity contribution in [2.75, 3.05) is 13.1 Å². The molecule has 2 aliphatic rings. The number of hydrogen-bond donors (Lipinski definition) is 2. The third-order valence-electron chi connectivity index (χ3n) is 4.10. The zero-order chi connectivity index (χ0) is 9.80. The Balaban J connectivity index is 1.83. The maximum Gasteiger partial charge on any atom is 0.00984 e. The molecule has 2 heteroatoms. The van der Waals surface area contributed by atoms with Gasteiger partial charge in [0, 0.05) is 6.04 Å². The van der Waals surface area contributed by atoms with Gasteiger partial charge in [-0.3, -0.25) is 0 Å². The fraction of sp³-hybridized carbons (Fsp3) is 1.00. The topological polar surface area (TPSA) is 38.0 Å². The minimum atomic E-state index is 0.789. The van der Waals surface area contributed by atoms with Crippen LogP contribution in [0.4, 0.5) is 0 Å². The predicted octanol–water partition coefficient (Wildman–Crippen LogP) is 1.89. The molecule has 1 aliphatic heterocycles. The van der Waals surface area contributed by atoms with E-state index in [0.717, 1.165) is 24.4 Å². The van der Waals surface area contributed by atoms with Crippen LogP contribution >= 0.6 is 0 Å². The van der Waals surface area contributed by atoms with Gasteiger partial charge in [0.15, 0.2) is 0 Å². The van der Waals surface area contributed by atoms with Crippen molar-refractivity contribution in [3.63, 3.8) is 0 Å². The van der Waals surface area contributed by atoms with E-state index < -0.39 is 0 Å². The molecule has 0 radical (unpaired) electrons.